The van der Waals surface area contributed by atoms with Crippen molar-refractivity contribution in [3.63, 3.8) is 0 Å². The van der Waals surface area contributed by atoms with Gasteiger partial charge in [-0.25, -0.2) is 4.79 Å². The molecule has 188 valence electrons. The van der Waals surface area contributed by atoms with Gasteiger partial charge in [0.15, 0.2) is 12.4 Å². The number of ketones is 1. The number of aryl methyl sites for hydroxylation is 1. The molecule has 2 amide bonds. The van der Waals surface area contributed by atoms with E-state index in [1.807, 2.05) is 6.92 Å². The van der Waals surface area contributed by atoms with Crippen LogP contribution in [0.5, 0.6) is 5.75 Å². The first-order valence-corrected chi connectivity index (χ1v) is 13.2. The number of nitrogens with zero attached hydrogens (tertiary/aromatic N) is 1. The van der Waals surface area contributed by atoms with E-state index in [2.05, 4.69) is 31.9 Å². The Labute approximate surface area is 224 Å². The summed E-state index contributed by atoms with van der Waals surface area (Å²) in [7, 11) is 0. The molecule has 1 aliphatic carbocycles. The molecule has 1 heterocycles. The summed E-state index contributed by atoms with van der Waals surface area (Å²) in [5, 5.41) is 0. The number of hydrogen-bond donors (Lipinski definition) is 0. The van der Waals surface area contributed by atoms with Crippen LogP contribution < -0.4 is 4.74 Å². The van der Waals surface area contributed by atoms with Crippen molar-refractivity contribution in [1.82, 2.24) is 4.90 Å². The highest BCUT2D eigenvalue weighted by Gasteiger charge is 2.52. The topological polar surface area (TPSA) is 107 Å². The summed E-state index contributed by atoms with van der Waals surface area (Å²) in [6, 6.07) is 12.8. The first kappa shape index (κ1) is 26.2. The van der Waals surface area contributed by atoms with Crippen molar-refractivity contribution < 1.29 is 33.4 Å². The quantitative estimate of drug-likeness (QED) is 0.152. The predicted molar refractivity (Wildman–Crippen MR) is 136 cm³/mol. The Morgan fingerprint density at radius 3 is 1.94 bits per heavy atom. The second-order valence-electron chi connectivity index (χ2n) is 8.84. The number of ether oxygens (including phenoxy) is 2. The van der Waals surface area contributed by atoms with Gasteiger partial charge >= 0.3 is 11.9 Å². The monoisotopic (exact) mass is 619 g/mol. The standard InChI is InChI=1S/C26H23Br2NO7/c1-14-2-4-16(5-3-14)26(34)36-17-8-6-15(7-9-17)22(30)13-35-23(31)12-29-24(32)18-10-20(27)21(28)11-19(18)25(29)33/h2-9,18-21H,10-13H2,1H3. The van der Waals surface area contributed by atoms with Crippen LogP contribution in [0.4, 0.5) is 0 Å². The van der Waals surface area contributed by atoms with Crippen LogP contribution in [0.15, 0.2) is 48.5 Å². The van der Waals surface area contributed by atoms with Gasteiger partial charge in [-0.05, 0) is 56.2 Å². The molecule has 4 atom stereocenters. The minimum Gasteiger partial charge on any atom is -0.456 e. The van der Waals surface area contributed by atoms with E-state index in [0.717, 1.165) is 10.5 Å². The van der Waals surface area contributed by atoms with Crippen molar-refractivity contribution in [3.05, 3.63) is 65.2 Å². The number of Topliss-reactive ketones (excluding diaryl/α,β-unsaturated/α-hetero) is 1. The average Bonchev–Trinajstić information content (AvgIpc) is 3.07. The highest BCUT2D eigenvalue weighted by Crippen LogP contribution is 2.43. The SMILES string of the molecule is Cc1ccc(C(=O)Oc2ccc(C(=O)COC(=O)CN3C(=O)C4CC(Br)C(Br)CC4C3=O)cc2)cc1. The van der Waals surface area contributed by atoms with Crippen LogP contribution >= 0.6 is 31.9 Å². The molecule has 36 heavy (non-hydrogen) atoms. The summed E-state index contributed by atoms with van der Waals surface area (Å²) in [6.07, 6.45) is 1.01. The lowest BCUT2D eigenvalue weighted by Crippen LogP contribution is -2.37. The smallest absolute Gasteiger partial charge is 0.343 e. The summed E-state index contributed by atoms with van der Waals surface area (Å²) in [5.41, 5.74) is 1.68. The Balaban J connectivity index is 1.27. The van der Waals surface area contributed by atoms with Crippen molar-refractivity contribution in [2.24, 2.45) is 11.8 Å². The normalized spacial score (nSPS) is 23.2. The van der Waals surface area contributed by atoms with Gasteiger partial charge in [0, 0.05) is 15.2 Å². The van der Waals surface area contributed by atoms with Crippen molar-refractivity contribution in [2.45, 2.75) is 29.4 Å². The van der Waals surface area contributed by atoms with Gasteiger partial charge in [0.2, 0.25) is 11.8 Å². The van der Waals surface area contributed by atoms with Crippen LogP contribution in [-0.2, 0) is 19.1 Å². The van der Waals surface area contributed by atoms with Gasteiger partial charge in [0.25, 0.3) is 0 Å². The van der Waals surface area contributed by atoms with Gasteiger partial charge in [-0.1, -0.05) is 49.6 Å². The number of esters is 2. The summed E-state index contributed by atoms with van der Waals surface area (Å²) < 4.78 is 10.3. The van der Waals surface area contributed by atoms with E-state index in [-0.39, 0.29) is 32.8 Å². The van der Waals surface area contributed by atoms with Crippen molar-refractivity contribution in [2.75, 3.05) is 13.2 Å². The molecule has 1 saturated carbocycles. The van der Waals surface area contributed by atoms with Crippen LogP contribution in [0, 0.1) is 18.8 Å². The van der Waals surface area contributed by atoms with Crippen LogP contribution in [0.25, 0.3) is 0 Å². The lowest BCUT2D eigenvalue weighted by Gasteiger charge is -2.29. The molecular formula is C26H23Br2NO7. The number of likely N-dealkylation sites (tertiary alicyclic amines) is 1. The van der Waals surface area contributed by atoms with Gasteiger partial charge in [-0.3, -0.25) is 24.1 Å². The summed E-state index contributed by atoms with van der Waals surface area (Å²) in [5.74, 6) is -3.24. The highest BCUT2D eigenvalue weighted by atomic mass is 79.9. The Kier molecular flexibility index (Phi) is 8.04. The molecule has 1 aliphatic heterocycles. The molecule has 4 rings (SSSR count). The maximum absolute atomic E-state index is 12.7. The van der Waals surface area contributed by atoms with Gasteiger partial charge in [-0.2, -0.15) is 0 Å². The summed E-state index contributed by atoms with van der Waals surface area (Å²) in [4.78, 5) is 63.4. The van der Waals surface area contributed by atoms with Gasteiger partial charge in [-0.15, -0.1) is 0 Å². The largest absolute Gasteiger partial charge is 0.456 e. The maximum Gasteiger partial charge on any atom is 0.343 e. The van der Waals surface area contributed by atoms with E-state index in [9.17, 15) is 24.0 Å². The first-order chi connectivity index (χ1) is 17.1. The third-order valence-electron chi connectivity index (χ3n) is 6.33. The Bertz CT molecular complexity index is 1170. The van der Waals surface area contributed by atoms with Crippen LogP contribution in [0.1, 0.15) is 39.1 Å². The van der Waals surface area contributed by atoms with E-state index in [1.54, 1.807) is 24.3 Å². The zero-order chi connectivity index (χ0) is 26.0. The number of carbonyl (C=O) groups is 5. The summed E-state index contributed by atoms with van der Waals surface area (Å²) in [6.45, 7) is 0.847. The molecule has 4 unspecified atom stereocenters. The molecular weight excluding hydrogens is 598 g/mol. The molecule has 0 bridgehead atoms. The number of fused-ring (bicyclic) bond motifs is 1. The average molecular weight is 621 g/mol. The molecule has 0 N–H and O–H groups in total. The van der Waals surface area contributed by atoms with E-state index in [4.69, 9.17) is 9.47 Å². The number of benzene rings is 2. The van der Waals surface area contributed by atoms with Gasteiger partial charge in [0.1, 0.15) is 12.3 Å². The minimum atomic E-state index is -0.835. The summed E-state index contributed by atoms with van der Waals surface area (Å²) >= 11 is 7.04. The number of imide groups is 1. The third kappa shape index (κ3) is 5.75. The van der Waals surface area contributed by atoms with E-state index in [1.165, 1.54) is 24.3 Å². The lowest BCUT2D eigenvalue weighted by molar-refractivity contribution is -0.152. The maximum atomic E-state index is 12.7. The van der Waals surface area contributed by atoms with E-state index < -0.39 is 42.7 Å². The number of rotatable bonds is 7. The number of hydrogen-bond acceptors (Lipinski definition) is 7. The number of amides is 2. The number of alkyl halides is 2. The molecule has 0 aromatic heterocycles. The second-order valence-corrected chi connectivity index (χ2v) is 11.2. The number of carbonyl (C=O) groups excluding carboxylic acids is 5. The van der Waals surface area contributed by atoms with Gasteiger partial charge < -0.3 is 9.47 Å². The first-order valence-electron chi connectivity index (χ1n) is 11.3. The van der Waals surface area contributed by atoms with E-state index >= 15 is 0 Å². The molecule has 10 heteroatoms. The predicted octanol–water partition coefficient (Wildman–Crippen LogP) is 3.86. The molecule has 2 fully saturated rings. The molecule has 2 aromatic rings. The molecule has 1 saturated heterocycles. The third-order valence-corrected chi connectivity index (χ3v) is 9.06. The molecule has 0 radical (unpaired) electrons. The van der Waals surface area contributed by atoms with Crippen LogP contribution in [0.2, 0.25) is 0 Å². The van der Waals surface area contributed by atoms with Crippen LogP contribution in [-0.4, -0.2) is 57.2 Å². The minimum absolute atomic E-state index is 0.0672. The van der Waals surface area contributed by atoms with Crippen molar-refractivity contribution in [3.8, 4) is 5.75 Å². The fourth-order valence-electron chi connectivity index (χ4n) is 4.29. The molecule has 0 spiro atoms. The Hall–Kier alpha value is -2.85. The Morgan fingerprint density at radius 1 is 0.861 bits per heavy atom. The zero-order valence-electron chi connectivity index (χ0n) is 19.3. The number of halogens is 2. The van der Waals surface area contributed by atoms with Gasteiger partial charge in [0.05, 0.1) is 17.4 Å². The van der Waals surface area contributed by atoms with E-state index in [0.29, 0.717) is 18.4 Å². The lowest BCUT2D eigenvalue weighted by atomic mass is 9.81. The second kappa shape index (κ2) is 11.0. The Morgan fingerprint density at radius 2 is 1.39 bits per heavy atom. The molecule has 2 aromatic carbocycles. The molecule has 8 nitrogen and oxygen atoms in total. The fraction of sp³-hybridized carbons (Fsp3) is 0.346. The molecule has 2 aliphatic rings. The highest BCUT2D eigenvalue weighted by molar-refractivity contribution is 9.12. The van der Waals surface area contributed by atoms with Crippen LogP contribution in [0.3, 0.4) is 0 Å². The van der Waals surface area contributed by atoms with Crippen molar-refractivity contribution in [1.29, 1.82) is 0 Å². The van der Waals surface area contributed by atoms with Crippen molar-refractivity contribution >= 4 is 61.4 Å². The zero-order valence-corrected chi connectivity index (χ0v) is 22.5. The fourth-order valence-corrected chi connectivity index (χ4v) is 5.53.